The Balaban J connectivity index is 2.65. The van der Waals surface area contributed by atoms with Gasteiger partial charge in [-0.15, -0.1) is 0 Å². The van der Waals surface area contributed by atoms with Crippen LogP contribution in [-0.2, 0) is 0 Å². The first-order valence-electron chi connectivity index (χ1n) is 4.49. The largest absolute Gasteiger partial charge is 0.325 e. The summed E-state index contributed by atoms with van der Waals surface area (Å²) in [6.07, 6.45) is 9.46. The van der Waals surface area contributed by atoms with Gasteiger partial charge in [0.25, 0.3) is 0 Å². The van der Waals surface area contributed by atoms with Gasteiger partial charge in [-0.3, -0.25) is 4.99 Å². The predicted octanol–water partition coefficient (Wildman–Crippen LogP) is 2.03. The maximum absolute atomic E-state index is 5.56. The van der Waals surface area contributed by atoms with Crippen molar-refractivity contribution in [2.24, 2.45) is 10.7 Å². The molecule has 0 saturated carbocycles. The Labute approximate surface area is 73.9 Å². The number of rotatable bonds is 3. The van der Waals surface area contributed by atoms with E-state index in [1.165, 1.54) is 12.0 Å². The summed E-state index contributed by atoms with van der Waals surface area (Å²) in [5.41, 5.74) is 7.91. The van der Waals surface area contributed by atoms with Gasteiger partial charge in [-0.05, 0) is 18.4 Å². The van der Waals surface area contributed by atoms with Crippen LogP contribution >= 0.6 is 0 Å². The van der Waals surface area contributed by atoms with E-state index in [9.17, 15) is 0 Å². The van der Waals surface area contributed by atoms with Crippen molar-refractivity contribution >= 4 is 5.71 Å². The zero-order valence-corrected chi connectivity index (χ0v) is 7.59. The number of hydrogen-bond acceptors (Lipinski definition) is 2. The summed E-state index contributed by atoms with van der Waals surface area (Å²) in [5.74, 6) is 0. The molecule has 0 aromatic carbocycles. The number of nitrogens with two attached hydrogens (primary N) is 1. The van der Waals surface area contributed by atoms with Crippen LogP contribution < -0.4 is 5.73 Å². The predicted molar refractivity (Wildman–Crippen MR) is 53.2 cm³/mol. The minimum atomic E-state index is 0.555. The van der Waals surface area contributed by atoms with E-state index in [2.05, 4.69) is 24.1 Å². The molecule has 1 aliphatic rings. The van der Waals surface area contributed by atoms with Crippen molar-refractivity contribution in [3.63, 3.8) is 0 Å². The number of unbranched alkanes of at least 4 members (excludes halogenated alkanes) is 1. The molecule has 0 aromatic rings. The molecule has 66 valence electrons. The molecule has 0 fully saturated rings. The lowest BCUT2D eigenvalue weighted by molar-refractivity contribution is 0.947. The first-order chi connectivity index (χ1) is 5.88. The molecule has 0 aliphatic carbocycles. The third-order valence-corrected chi connectivity index (χ3v) is 1.92. The van der Waals surface area contributed by atoms with Gasteiger partial charge in [0, 0.05) is 12.7 Å². The van der Waals surface area contributed by atoms with Crippen molar-refractivity contribution in [1.29, 1.82) is 0 Å². The van der Waals surface area contributed by atoms with Crippen LogP contribution in [0.1, 0.15) is 26.2 Å². The van der Waals surface area contributed by atoms with Gasteiger partial charge in [-0.2, -0.15) is 0 Å². The third-order valence-electron chi connectivity index (χ3n) is 1.92. The molecule has 1 aliphatic heterocycles. The molecule has 0 bridgehead atoms. The fourth-order valence-corrected chi connectivity index (χ4v) is 1.23. The first kappa shape index (κ1) is 9.20. The smallest absolute Gasteiger partial charge is 0.0571 e. The lowest BCUT2D eigenvalue weighted by Gasteiger charge is -2.09. The quantitative estimate of drug-likeness (QED) is 0.681. The van der Waals surface area contributed by atoms with Crippen molar-refractivity contribution < 1.29 is 0 Å². The Hall–Kier alpha value is -0.890. The number of hydrogen-bond donors (Lipinski definition) is 1. The van der Waals surface area contributed by atoms with E-state index in [1.807, 2.05) is 6.20 Å². The maximum atomic E-state index is 5.56. The Morgan fingerprint density at radius 2 is 2.50 bits per heavy atom. The lowest BCUT2D eigenvalue weighted by atomic mass is 10.0. The summed E-state index contributed by atoms with van der Waals surface area (Å²) < 4.78 is 0. The van der Waals surface area contributed by atoms with Gasteiger partial charge in [-0.25, -0.2) is 0 Å². The maximum Gasteiger partial charge on any atom is 0.0571 e. The monoisotopic (exact) mass is 164 g/mol. The minimum Gasteiger partial charge on any atom is -0.325 e. The molecule has 1 rings (SSSR count). The van der Waals surface area contributed by atoms with Gasteiger partial charge in [-0.1, -0.05) is 25.5 Å². The minimum absolute atomic E-state index is 0.555. The summed E-state index contributed by atoms with van der Waals surface area (Å²) >= 11 is 0. The second-order valence-corrected chi connectivity index (χ2v) is 2.89. The average molecular weight is 164 g/mol. The van der Waals surface area contributed by atoms with Crippen LogP contribution in [0.25, 0.3) is 0 Å². The molecule has 0 radical (unpaired) electrons. The van der Waals surface area contributed by atoms with Crippen molar-refractivity contribution in [2.45, 2.75) is 26.2 Å². The van der Waals surface area contributed by atoms with E-state index < -0.39 is 0 Å². The molecule has 0 saturated heterocycles. The average Bonchev–Trinajstić information content (AvgIpc) is 2.15. The highest BCUT2D eigenvalue weighted by molar-refractivity contribution is 6.02. The van der Waals surface area contributed by atoms with Crippen LogP contribution in [-0.4, -0.2) is 12.3 Å². The van der Waals surface area contributed by atoms with E-state index in [4.69, 9.17) is 5.73 Å². The van der Waals surface area contributed by atoms with Crippen molar-refractivity contribution in [1.82, 2.24) is 0 Å². The van der Waals surface area contributed by atoms with Crippen LogP contribution in [0.15, 0.2) is 28.9 Å². The van der Waals surface area contributed by atoms with Crippen molar-refractivity contribution in [2.75, 3.05) is 6.54 Å². The van der Waals surface area contributed by atoms with Gasteiger partial charge in [0.05, 0.1) is 5.71 Å². The van der Waals surface area contributed by atoms with Gasteiger partial charge in [0.2, 0.25) is 0 Å². The highest BCUT2D eigenvalue weighted by atomic mass is 14.8. The van der Waals surface area contributed by atoms with Gasteiger partial charge in [0.1, 0.15) is 0 Å². The van der Waals surface area contributed by atoms with Crippen LogP contribution in [0, 0.1) is 0 Å². The van der Waals surface area contributed by atoms with E-state index in [0.717, 1.165) is 18.6 Å². The second-order valence-electron chi connectivity index (χ2n) is 2.89. The van der Waals surface area contributed by atoms with Crippen LogP contribution in [0.4, 0.5) is 0 Å². The van der Waals surface area contributed by atoms with Crippen LogP contribution in [0.3, 0.4) is 0 Å². The molecule has 2 heteroatoms. The Morgan fingerprint density at radius 3 is 3.17 bits per heavy atom. The van der Waals surface area contributed by atoms with Gasteiger partial charge < -0.3 is 5.73 Å². The molecule has 12 heavy (non-hydrogen) atoms. The third kappa shape index (κ3) is 2.31. The van der Waals surface area contributed by atoms with Crippen molar-refractivity contribution in [3.8, 4) is 0 Å². The van der Waals surface area contributed by atoms with E-state index in [1.54, 1.807) is 0 Å². The lowest BCUT2D eigenvalue weighted by Crippen LogP contribution is -2.17. The van der Waals surface area contributed by atoms with Gasteiger partial charge >= 0.3 is 0 Å². The molecule has 0 amide bonds. The Morgan fingerprint density at radius 1 is 1.67 bits per heavy atom. The van der Waals surface area contributed by atoms with Gasteiger partial charge in [0.15, 0.2) is 0 Å². The molecule has 0 atom stereocenters. The Kier molecular flexibility index (Phi) is 3.74. The van der Waals surface area contributed by atoms with Crippen LogP contribution in [0.5, 0.6) is 0 Å². The number of allylic oxidation sites excluding steroid dienone is 2. The molecular weight excluding hydrogens is 148 g/mol. The second kappa shape index (κ2) is 4.88. The summed E-state index contributed by atoms with van der Waals surface area (Å²) in [7, 11) is 0. The highest BCUT2D eigenvalue weighted by Gasteiger charge is 2.05. The summed E-state index contributed by atoms with van der Waals surface area (Å²) in [6.45, 7) is 2.73. The summed E-state index contributed by atoms with van der Waals surface area (Å²) in [5, 5.41) is 0. The topological polar surface area (TPSA) is 38.4 Å². The highest BCUT2D eigenvalue weighted by Crippen LogP contribution is 2.12. The molecule has 1 heterocycles. The fraction of sp³-hybridized carbons (Fsp3) is 0.500. The molecule has 0 aromatic heterocycles. The fourth-order valence-electron chi connectivity index (χ4n) is 1.23. The number of aliphatic imine (C=N–C) groups is 1. The molecule has 2 N–H and O–H groups in total. The summed E-state index contributed by atoms with van der Waals surface area (Å²) in [4.78, 5) is 4.23. The van der Waals surface area contributed by atoms with Crippen molar-refractivity contribution in [3.05, 3.63) is 23.9 Å². The van der Waals surface area contributed by atoms with E-state index in [-0.39, 0.29) is 0 Å². The zero-order valence-electron chi connectivity index (χ0n) is 7.59. The standard InChI is InChI=1S/C10H16N2/c1-2-3-5-9-6-4-7-12-10(9)8-11/h4-5,7H,2-3,6,8,11H2,1H3. The normalized spacial score (nSPS) is 19.8. The molecule has 0 unspecified atom stereocenters. The molecule has 2 nitrogen and oxygen atoms in total. The SMILES string of the molecule is CCCC=C1CC=CN=C1CN. The Bertz CT molecular complexity index is 224. The van der Waals surface area contributed by atoms with Crippen LogP contribution in [0.2, 0.25) is 0 Å². The zero-order chi connectivity index (χ0) is 8.81. The van der Waals surface area contributed by atoms with E-state index in [0.29, 0.717) is 6.54 Å². The van der Waals surface area contributed by atoms with E-state index >= 15 is 0 Å². The first-order valence-corrected chi connectivity index (χ1v) is 4.49. The summed E-state index contributed by atoms with van der Waals surface area (Å²) in [6, 6.07) is 0. The molecule has 0 spiro atoms. The number of nitrogens with zero attached hydrogens (tertiary/aromatic N) is 1. The molecular formula is C10H16N2.